The normalized spacial score (nSPS) is 10.7. The number of aromatic nitrogens is 1. The molecule has 2 aromatic rings. The van der Waals surface area contributed by atoms with Crippen molar-refractivity contribution in [3.05, 3.63) is 53.2 Å². The first-order valence-electron chi connectivity index (χ1n) is 8.71. The number of carboxylic acid groups (broad SMARTS) is 1. The minimum atomic E-state index is -1.00. The summed E-state index contributed by atoms with van der Waals surface area (Å²) in [5.41, 5.74) is 2.00. The molecule has 0 spiro atoms. The second kappa shape index (κ2) is 8.47. The zero-order valence-electron chi connectivity index (χ0n) is 15.6. The summed E-state index contributed by atoms with van der Waals surface area (Å²) in [6, 6.07) is 10.0. The van der Waals surface area contributed by atoms with E-state index >= 15 is 0 Å². The number of hydrogen-bond acceptors (Lipinski definition) is 4. The van der Waals surface area contributed by atoms with Gasteiger partial charge in [0.25, 0.3) is 5.91 Å². The van der Waals surface area contributed by atoms with Gasteiger partial charge in [0, 0.05) is 18.3 Å². The van der Waals surface area contributed by atoms with E-state index < -0.39 is 5.97 Å². The van der Waals surface area contributed by atoms with E-state index in [0.717, 1.165) is 24.3 Å². The third-order valence-corrected chi connectivity index (χ3v) is 3.96. The SMILES string of the molecule is CCCN(c1cc(C)cc(C(=O)Nc2ccc(C(=O)O)cc2)n1)C(C)C. The number of aromatic carboxylic acids is 1. The molecule has 0 saturated carbocycles. The van der Waals surface area contributed by atoms with Crippen LogP contribution in [0.5, 0.6) is 0 Å². The van der Waals surface area contributed by atoms with Crippen LogP contribution in [0, 0.1) is 6.92 Å². The van der Waals surface area contributed by atoms with E-state index in [2.05, 4.69) is 36.0 Å². The lowest BCUT2D eigenvalue weighted by atomic mass is 10.2. The van der Waals surface area contributed by atoms with Gasteiger partial charge in [0.15, 0.2) is 0 Å². The molecular weight excluding hydrogens is 330 g/mol. The number of carboxylic acids is 1. The zero-order chi connectivity index (χ0) is 19.3. The molecule has 2 N–H and O–H groups in total. The number of amides is 1. The van der Waals surface area contributed by atoms with Crippen LogP contribution >= 0.6 is 0 Å². The highest BCUT2D eigenvalue weighted by molar-refractivity contribution is 6.03. The van der Waals surface area contributed by atoms with Crippen LogP contribution in [0.25, 0.3) is 0 Å². The molecule has 0 aliphatic rings. The summed E-state index contributed by atoms with van der Waals surface area (Å²) in [5, 5.41) is 11.7. The standard InChI is InChI=1S/C20H25N3O3/c1-5-10-23(13(2)3)18-12-14(4)11-17(22-18)19(24)21-16-8-6-15(7-9-16)20(25)26/h6-9,11-13H,5,10H2,1-4H3,(H,21,24)(H,25,26). The summed E-state index contributed by atoms with van der Waals surface area (Å²) in [7, 11) is 0. The van der Waals surface area contributed by atoms with Gasteiger partial charge in [0.2, 0.25) is 0 Å². The molecule has 138 valence electrons. The number of nitrogens with one attached hydrogen (secondary N) is 1. The lowest BCUT2D eigenvalue weighted by Gasteiger charge is -2.28. The third-order valence-electron chi connectivity index (χ3n) is 3.96. The molecule has 1 aromatic carbocycles. The number of aryl methyl sites for hydroxylation is 1. The van der Waals surface area contributed by atoms with E-state index in [0.29, 0.717) is 11.4 Å². The Morgan fingerprint density at radius 2 is 1.85 bits per heavy atom. The number of benzene rings is 1. The molecule has 0 unspecified atom stereocenters. The molecule has 0 radical (unpaired) electrons. The smallest absolute Gasteiger partial charge is 0.335 e. The Morgan fingerprint density at radius 3 is 2.38 bits per heavy atom. The van der Waals surface area contributed by atoms with Gasteiger partial charge in [-0.05, 0) is 69.2 Å². The summed E-state index contributed by atoms with van der Waals surface area (Å²) in [6.45, 7) is 9.12. The monoisotopic (exact) mass is 355 g/mol. The highest BCUT2D eigenvalue weighted by Crippen LogP contribution is 2.19. The Balaban J connectivity index is 2.24. The van der Waals surface area contributed by atoms with Crippen LogP contribution in [-0.4, -0.2) is 34.6 Å². The number of hydrogen-bond donors (Lipinski definition) is 2. The average molecular weight is 355 g/mol. The van der Waals surface area contributed by atoms with Gasteiger partial charge in [-0.1, -0.05) is 6.92 Å². The molecule has 0 bridgehead atoms. The molecule has 0 saturated heterocycles. The minimum Gasteiger partial charge on any atom is -0.478 e. The number of nitrogens with zero attached hydrogens (tertiary/aromatic N) is 2. The Kier molecular flexibility index (Phi) is 6.33. The molecule has 6 heteroatoms. The average Bonchev–Trinajstić information content (AvgIpc) is 2.59. The summed E-state index contributed by atoms with van der Waals surface area (Å²) >= 11 is 0. The van der Waals surface area contributed by atoms with Gasteiger partial charge in [-0.15, -0.1) is 0 Å². The van der Waals surface area contributed by atoms with Crippen molar-refractivity contribution in [2.24, 2.45) is 0 Å². The maximum absolute atomic E-state index is 12.6. The second-order valence-electron chi connectivity index (χ2n) is 6.51. The fourth-order valence-corrected chi connectivity index (χ4v) is 2.68. The van der Waals surface area contributed by atoms with E-state index in [4.69, 9.17) is 5.11 Å². The Morgan fingerprint density at radius 1 is 1.19 bits per heavy atom. The van der Waals surface area contributed by atoms with Gasteiger partial charge in [-0.3, -0.25) is 4.79 Å². The fourth-order valence-electron chi connectivity index (χ4n) is 2.68. The number of carbonyl (C=O) groups excluding carboxylic acids is 1. The fraction of sp³-hybridized carbons (Fsp3) is 0.350. The Labute approximate surface area is 153 Å². The van der Waals surface area contributed by atoms with Crippen molar-refractivity contribution in [2.45, 2.75) is 40.2 Å². The van der Waals surface area contributed by atoms with Crippen molar-refractivity contribution in [2.75, 3.05) is 16.8 Å². The molecule has 26 heavy (non-hydrogen) atoms. The molecular formula is C20H25N3O3. The van der Waals surface area contributed by atoms with Crippen molar-refractivity contribution >= 4 is 23.4 Å². The van der Waals surface area contributed by atoms with Crippen molar-refractivity contribution in [3.8, 4) is 0 Å². The quantitative estimate of drug-likeness (QED) is 0.785. The topological polar surface area (TPSA) is 82.5 Å². The van der Waals surface area contributed by atoms with Gasteiger partial charge in [-0.25, -0.2) is 9.78 Å². The molecule has 1 heterocycles. The first-order valence-corrected chi connectivity index (χ1v) is 8.71. The molecule has 2 rings (SSSR count). The molecule has 6 nitrogen and oxygen atoms in total. The number of rotatable bonds is 7. The number of anilines is 2. The van der Waals surface area contributed by atoms with Crippen LogP contribution in [-0.2, 0) is 0 Å². The molecule has 0 atom stereocenters. The lowest BCUT2D eigenvalue weighted by molar-refractivity contribution is 0.0696. The van der Waals surface area contributed by atoms with Crippen molar-refractivity contribution in [1.29, 1.82) is 0 Å². The van der Waals surface area contributed by atoms with Gasteiger partial charge >= 0.3 is 5.97 Å². The Bertz CT molecular complexity index is 785. The lowest BCUT2D eigenvalue weighted by Crippen LogP contribution is -2.32. The van der Waals surface area contributed by atoms with Crippen molar-refractivity contribution < 1.29 is 14.7 Å². The second-order valence-corrected chi connectivity index (χ2v) is 6.51. The minimum absolute atomic E-state index is 0.172. The maximum atomic E-state index is 12.6. The van der Waals surface area contributed by atoms with Gasteiger partial charge in [-0.2, -0.15) is 0 Å². The van der Waals surface area contributed by atoms with E-state index in [9.17, 15) is 9.59 Å². The van der Waals surface area contributed by atoms with E-state index in [1.807, 2.05) is 13.0 Å². The number of carbonyl (C=O) groups is 2. The van der Waals surface area contributed by atoms with Crippen LogP contribution < -0.4 is 10.2 Å². The van der Waals surface area contributed by atoms with E-state index in [1.165, 1.54) is 12.1 Å². The number of pyridine rings is 1. The summed E-state index contributed by atoms with van der Waals surface area (Å²) in [5.74, 6) is -0.538. The first kappa shape index (κ1) is 19.4. The van der Waals surface area contributed by atoms with E-state index in [1.54, 1.807) is 18.2 Å². The highest BCUT2D eigenvalue weighted by Gasteiger charge is 2.16. The highest BCUT2D eigenvalue weighted by atomic mass is 16.4. The third kappa shape index (κ3) is 4.81. The largest absolute Gasteiger partial charge is 0.478 e. The summed E-state index contributed by atoms with van der Waals surface area (Å²) in [4.78, 5) is 30.2. The molecule has 0 fully saturated rings. The van der Waals surface area contributed by atoms with Gasteiger partial charge < -0.3 is 15.3 Å². The van der Waals surface area contributed by atoms with Gasteiger partial charge in [0.05, 0.1) is 5.56 Å². The molecule has 1 amide bonds. The van der Waals surface area contributed by atoms with Crippen LogP contribution in [0.1, 0.15) is 53.6 Å². The van der Waals surface area contributed by atoms with Crippen LogP contribution in [0.15, 0.2) is 36.4 Å². The summed E-state index contributed by atoms with van der Waals surface area (Å²) < 4.78 is 0. The molecule has 0 aliphatic carbocycles. The first-order chi connectivity index (χ1) is 12.3. The van der Waals surface area contributed by atoms with Gasteiger partial charge in [0.1, 0.15) is 11.5 Å². The predicted molar refractivity (Wildman–Crippen MR) is 103 cm³/mol. The predicted octanol–water partition coefficient (Wildman–Crippen LogP) is 3.97. The zero-order valence-corrected chi connectivity index (χ0v) is 15.6. The Hall–Kier alpha value is -2.89. The van der Waals surface area contributed by atoms with Crippen molar-refractivity contribution in [3.63, 3.8) is 0 Å². The van der Waals surface area contributed by atoms with Crippen LogP contribution in [0.2, 0.25) is 0 Å². The van der Waals surface area contributed by atoms with Crippen molar-refractivity contribution in [1.82, 2.24) is 4.98 Å². The molecule has 1 aromatic heterocycles. The molecule has 0 aliphatic heterocycles. The van der Waals surface area contributed by atoms with Crippen LogP contribution in [0.4, 0.5) is 11.5 Å². The van der Waals surface area contributed by atoms with E-state index in [-0.39, 0.29) is 17.5 Å². The summed E-state index contributed by atoms with van der Waals surface area (Å²) in [6.07, 6.45) is 0.991. The van der Waals surface area contributed by atoms with Crippen LogP contribution in [0.3, 0.4) is 0 Å². The maximum Gasteiger partial charge on any atom is 0.335 e.